The summed E-state index contributed by atoms with van der Waals surface area (Å²) in [5, 5.41) is 4.10. The van der Waals surface area contributed by atoms with E-state index in [1.165, 1.54) is 0 Å². The lowest BCUT2D eigenvalue weighted by Gasteiger charge is -1.96. The predicted octanol–water partition coefficient (Wildman–Crippen LogP) is 1.71. The van der Waals surface area contributed by atoms with Crippen molar-refractivity contribution in [2.45, 2.75) is 0 Å². The summed E-state index contributed by atoms with van der Waals surface area (Å²) in [6, 6.07) is 3.69. The topological polar surface area (TPSA) is 42.5 Å². The number of hydrogen-bond donors (Lipinski definition) is 0. The maximum atomic E-state index is 5.63. The van der Waals surface area contributed by atoms with Gasteiger partial charge in [-0.3, -0.25) is 0 Å². The first-order chi connectivity index (χ1) is 5.81. The molecule has 0 aliphatic rings. The van der Waals surface area contributed by atoms with Crippen LogP contribution in [0.5, 0.6) is 0 Å². The van der Waals surface area contributed by atoms with Crippen LogP contribution in [0.1, 0.15) is 0 Å². The first kappa shape index (κ1) is 7.24. The summed E-state index contributed by atoms with van der Waals surface area (Å²) in [5.41, 5.74) is 0.800. The minimum Gasteiger partial charge on any atom is -0.243 e. The molecule has 2 rings (SSSR count). The fraction of sp³-hybridized carbons (Fsp3) is 0. The van der Waals surface area contributed by atoms with Crippen molar-refractivity contribution in [3.63, 3.8) is 0 Å². The number of halogens is 1. The quantitative estimate of drug-likeness (QED) is 0.627. The molecule has 0 aromatic carbocycles. The molecule has 4 nitrogen and oxygen atoms in total. The molecule has 12 heavy (non-hydrogen) atoms. The Balaban J connectivity index is 2.88. The van der Waals surface area contributed by atoms with Gasteiger partial charge in [0, 0.05) is 6.20 Å². The summed E-state index contributed by atoms with van der Waals surface area (Å²) in [7, 11) is 0. The monoisotopic (exact) mass is 180 g/mol. The maximum absolute atomic E-state index is 5.63. The molecule has 2 aromatic heterocycles. The molecule has 0 fully saturated rings. The number of hydrogen-bond acceptors (Lipinski definition) is 3. The molecule has 60 valence electrons. The Morgan fingerprint density at radius 2 is 2.42 bits per heavy atom. The Labute approximate surface area is 73.5 Å². The SMILES string of the molecule is C=Nc1nc(Cl)nn2cccc12. The Kier molecular flexibility index (Phi) is 1.55. The summed E-state index contributed by atoms with van der Waals surface area (Å²) >= 11 is 5.63. The molecule has 0 saturated heterocycles. The zero-order valence-corrected chi connectivity index (χ0v) is 6.86. The molecule has 0 N–H and O–H groups in total. The smallest absolute Gasteiger partial charge is 0.243 e. The summed E-state index contributed by atoms with van der Waals surface area (Å²) in [6.45, 7) is 3.39. The minimum absolute atomic E-state index is 0.168. The van der Waals surface area contributed by atoms with E-state index in [2.05, 4.69) is 21.8 Å². The van der Waals surface area contributed by atoms with E-state index in [1.54, 1.807) is 10.7 Å². The standard InChI is InChI=1S/C7H5ClN4/c1-9-6-5-3-2-4-12(5)11-7(8)10-6/h2-4H,1H2. The van der Waals surface area contributed by atoms with E-state index in [4.69, 9.17) is 11.6 Å². The van der Waals surface area contributed by atoms with Crippen molar-refractivity contribution in [3.05, 3.63) is 23.6 Å². The van der Waals surface area contributed by atoms with Crippen molar-refractivity contribution in [3.8, 4) is 0 Å². The first-order valence-electron chi connectivity index (χ1n) is 3.29. The molecule has 0 aliphatic heterocycles. The molecule has 2 aromatic rings. The van der Waals surface area contributed by atoms with Crippen LogP contribution in [0.4, 0.5) is 5.82 Å². The van der Waals surface area contributed by atoms with E-state index in [1.807, 2.05) is 12.1 Å². The summed E-state index contributed by atoms with van der Waals surface area (Å²) < 4.78 is 1.61. The Morgan fingerprint density at radius 3 is 3.17 bits per heavy atom. The molecule has 0 radical (unpaired) electrons. The molecule has 0 atom stereocenters. The molecule has 0 aliphatic carbocycles. The summed E-state index contributed by atoms with van der Waals surface area (Å²) in [5.74, 6) is 0.500. The van der Waals surface area contributed by atoms with Crippen LogP contribution in [0, 0.1) is 0 Å². The van der Waals surface area contributed by atoms with Crippen LogP contribution >= 0.6 is 11.6 Å². The van der Waals surface area contributed by atoms with Crippen LogP contribution in [-0.4, -0.2) is 21.3 Å². The molecule has 0 spiro atoms. The molecule has 0 saturated carbocycles. The highest BCUT2D eigenvalue weighted by Gasteiger charge is 2.02. The third-order valence-corrected chi connectivity index (χ3v) is 1.66. The van der Waals surface area contributed by atoms with Gasteiger partial charge in [-0.2, -0.15) is 4.98 Å². The van der Waals surface area contributed by atoms with E-state index >= 15 is 0 Å². The molecule has 0 unspecified atom stereocenters. The van der Waals surface area contributed by atoms with E-state index in [0.717, 1.165) is 5.52 Å². The summed E-state index contributed by atoms with van der Waals surface area (Å²) in [4.78, 5) is 7.62. The van der Waals surface area contributed by atoms with E-state index in [0.29, 0.717) is 5.82 Å². The molecule has 2 heterocycles. The van der Waals surface area contributed by atoms with Crippen LogP contribution < -0.4 is 0 Å². The third-order valence-electron chi connectivity index (χ3n) is 1.50. The van der Waals surface area contributed by atoms with Crippen molar-refractivity contribution < 1.29 is 0 Å². The molecular weight excluding hydrogens is 176 g/mol. The van der Waals surface area contributed by atoms with Crippen molar-refractivity contribution in [1.29, 1.82) is 0 Å². The van der Waals surface area contributed by atoms with E-state index in [-0.39, 0.29) is 5.28 Å². The lowest BCUT2D eigenvalue weighted by atomic mass is 10.5. The van der Waals surface area contributed by atoms with Gasteiger partial charge in [-0.1, -0.05) is 0 Å². The van der Waals surface area contributed by atoms with Gasteiger partial charge in [0.2, 0.25) is 5.28 Å². The molecule has 5 heteroatoms. The number of aliphatic imine (C=N–C) groups is 1. The Hall–Kier alpha value is -1.42. The maximum Gasteiger partial charge on any atom is 0.243 e. The lowest BCUT2D eigenvalue weighted by molar-refractivity contribution is 0.904. The van der Waals surface area contributed by atoms with Gasteiger partial charge >= 0.3 is 0 Å². The minimum atomic E-state index is 0.168. The lowest BCUT2D eigenvalue weighted by Crippen LogP contribution is -1.92. The number of rotatable bonds is 1. The number of fused-ring (bicyclic) bond motifs is 1. The second kappa shape index (κ2) is 2.57. The fourth-order valence-electron chi connectivity index (χ4n) is 1.01. The van der Waals surface area contributed by atoms with Crippen molar-refractivity contribution in [2.75, 3.05) is 0 Å². The van der Waals surface area contributed by atoms with Crippen LogP contribution in [0.25, 0.3) is 5.52 Å². The zero-order valence-electron chi connectivity index (χ0n) is 6.11. The third kappa shape index (κ3) is 0.967. The highest BCUT2D eigenvalue weighted by Crippen LogP contribution is 2.17. The van der Waals surface area contributed by atoms with E-state index in [9.17, 15) is 0 Å². The van der Waals surface area contributed by atoms with Gasteiger partial charge < -0.3 is 0 Å². The second-order valence-corrected chi connectivity index (χ2v) is 2.54. The summed E-state index contributed by atoms with van der Waals surface area (Å²) in [6.07, 6.45) is 1.78. The first-order valence-corrected chi connectivity index (χ1v) is 3.66. The van der Waals surface area contributed by atoms with Gasteiger partial charge in [-0.25, -0.2) is 9.51 Å². The zero-order chi connectivity index (χ0) is 8.55. The fourth-order valence-corrected chi connectivity index (χ4v) is 1.17. The van der Waals surface area contributed by atoms with Gasteiger partial charge in [0.25, 0.3) is 0 Å². The van der Waals surface area contributed by atoms with Crippen molar-refractivity contribution >= 4 is 29.7 Å². The second-order valence-electron chi connectivity index (χ2n) is 2.20. The van der Waals surface area contributed by atoms with Crippen LogP contribution in [0.15, 0.2) is 23.3 Å². The Bertz CT molecular complexity index is 434. The van der Waals surface area contributed by atoms with Gasteiger partial charge in [-0.05, 0) is 30.5 Å². The highest BCUT2D eigenvalue weighted by atomic mass is 35.5. The number of aromatic nitrogens is 3. The van der Waals surface area contributed by atoms with Gasteiger partial charge in [-0.15, -0.1) is 5.10 Å². The Morgan fingerprint density at radius 1 is 1.58 bits per heavy atom. The molecule has 0 bridgehead atoms. The normalized spacial score (nSPS) is 10.4. The molecular formula is C7H5ClN4. The molecule has 0 amide bonds. The predicted molar refractivity (Wildman–Crippen MR) is 47.2 cm³/mol. The largest absolute Gasteiger partial charge is 0.243 e. The average Bonchev–Trinajstić information content (AvgIpc) is 2.50. The van der Waals surface area contributed by atoms with Crippen LogP contribution in [0.2, 0.25) is 5.28 Å². The van der Waals surface area contributed by atoms with Crippen molar-refractivity contribution in [2.24, 2.45) is 4.99 Å². The van der Waals surface area contributed by atoms with Gasteiger partial charge in [0.1, 0.15) is 5.52 Å². The average molecular weight is 181 g/mol. The van der Waals surface area contributed by atoms with Crippen molar-refractivity contribution in [1.82, 2.24) is 14.6 Å². The van der Waals surface area contributed by atoms with Crippen LogP contribution in [-0.2, 0) is 0 Å². The van der Waals surface area contributed by atoms with Crippen LogP contribution in [0.3, 0.4) is 0 Å². The number of nitrogens with zero attached hydrogens (tertiary/aromatic N) is 4. The van der Waals surface area contributed by atoms with Gasteiger partial charge in [0.05, 0.1) is 0 Å². The highest BCUT2D eigenvalue weighted by molar-refractivity contribution is 6.28. The van der Waals surface area contributed by atoms with E-state index < -0.39 is 0 Å². The van der Waals surface area contributed by atoms with Gasteiger partial charge in [0.15, 0.2) is 5.82 Å².